The van der Waals surface area contributed by atoms with E-state index in [2.05, 4.69) is 60.4 Å². The van der Waals surface area contributed by atoms with Crippen molar-refractivity contribution in [3.63, 3.8) is 0 Å². The van der Waals surface area contributed by atoms with Crippen molar-refractivity contribution in [2.24, 2.45) is 5.41 Å². The van der Waals surface area contributed by atoms with Gasteiger partial charge < -0.3 is 5.32 Å². The van der Waals surface area contributed by atoms with Gasteiger partial charge in [-0.15, -0.1) is 11.3 Å². The van der Waals surface area contributed by atoms with Crippen LogP contribution in [0.2, 0.25) is 0 Å². The average Bonchev–Trinajstić information content (AvgIpc) is 2.57. The Morgan fingerprint density at radius 2 is 2.12 bits per heavy atom. The molecule has 0 fully saturated rings. The predicted octanol–water partition coefficient (Wildman–Crippen LogP) is 4.47. The Balaban J connectivity index is 2.54. The van der Waals surface area contributed by atoms with Crippen LogP contribution in [-0.2, 0) is 6.42 Å². The topological polar surface area (TPSA) is 12.0 Å². The van der Waals surface area contributed by atoms with E-state index in [-0.39, 0.29) is 0 Å². The number of hydrogen-bond acceptors (Lipinski definition) is 2. The Bertz CT molecular complexity index is 314. The lowest BCUT2D eigenvalue weighted by Gasteiger charge is -2.31. The highest BCUT2D eigenvalue weighted by molar-refractivity contribution is 9.10. The Kier molecular flexibility index (Phi) is 5.48. The third kappa shape index (κ3) is 4.19. The van der Waals surface area contributed by atoms with Gasteiger partial charge in [-0.1, -0.05) is 27.7 Å². The molecule has 1 aromatic heterocycles. The van der Waals surface area contributed by atoms with Gasteiger partial charge in [0.25, 0.3) is 0 Å². The lowest BCUT2D eigenvalue weighted by Crippen LogP contribution is -2.40. The highest BCUT2D eigenvalue weighted by Crippen LogP contribution is 2.28. The van der Waals surface area contributed by atoms with E-state index in [1.165, 1.54) is 15.8 Å². The molecule has 0 spiro atoms. The fraction of sp³-hybridized carbons (Fsp3) is 0.692. The van der Waals surface area contributed by atoms with Gasteiger partial charge >= 0.3 is 0 Å². The van der Waals surface area contributed by atoms with Crippen LogP contribution in [0.25, 0.3) is 0 Å². The van der Waals surface area contributed by atoms with Crippen LogP contribution in [0, 0.1) is 5.41 Å². The molecule has 0 aliphatic rings. The molecule has 0 aliphatic carbocycles. The third-order valence-corrected chi connectivity index (χ3v) is 4.83. The summed E-state index contributed by atoms with van der Waals surface area (Å²) in [6.07, 6.45) is 2.36. The van der Waals surface area contributed by atoms with Gasteiger partial charge in [-0.25, -0.2) is 0 Å². The normalized spacial score (nSPS) is 14.1. The summed E-state index contributed by atoms with van der Waals surface area (Å²) in [5.41, 5.74) is 0.333. The maximum absolute atomic E-state index is 3.60. The molecular formula is C13H22BrNS. The Hall–Kier alpha value is 0.140. The van der Waals surface area contributed by atoms with Gasteiger partial charge in [0, 0.05) is 15.4 Å². The van der Waals surface area contributed by atoms with E-state index in [0.29, 0.717) is 11.5 Å². The van der Waals surface area contributed by atoms with Gasteiger partial charge in [-0.3, -0.25) is 0 Å². The number of aryl methyl sites for hydroxylation is 1. The quantitative estimate of drug-likeness (QED) is 0.846. The fourth-order valence-electron chi connectivity index (χ4n) is 1.87. The molecule has 0 saturated carbocycles. The average molecular weight is 304 g/mol. The number of rotatable bonds is 5. The first-order valence-electron chi connectivity index (χ1n) is 5.90. The van der Waals surface area contributed by atoms with Crippen molar-refractivity contribution < 1.29 is 0 Å². The highest BCUT2D eigenvalue weighted by Gasteiger charge is 2.23. The molecule has 16 heavy (non-hydrogen) atoms. The highest BCUT2D eigenvalue weighted by atomic mass is 79.9. The Morgan fingerprint density at radius 3 is 2.56 bits per heavy atom. The van der Waals surface area contributed by atoms with Gasteiger partial charge in [-0.05, 0) is 52.2 Å². The van der Waals surface area contributed by atoms with Crippen molar-refractivity contribution in [2.45, 2.75) is 46.6 Å². The van der Waals surface area contributed by atoms with Crippen LogP contribution in [-0.4, -0.2) is 12.6 Å². The van der Waals surface area contributed by atoms with Crippen molar-refractivity contribution >= 4 is 27.3 Å². The second-order valence-corrected chi connectivity index (χ2v) is 7.06. The lowest BCUT2D eigenvalue weighted by molar-refractivity contribution is 0.259. The molecule has 1 N–H and O–H groups in total. The van der Waals surface area contributed by atoms with Crippen LogP contribution in [0.3, 0.4) is 0 Å². The zero-order valence-corrected chi connectivity index (χ0v) is 13.0. The van der Waals surface area contributed by atoms with Gasteiger partial charge in [0.1, 0.15) is 0 Å². The zero-order chi connectivity index (χ0) is 12.2. The molecule has 1 rings (SSSR count). The molecular weight excluding hydrogens is 282 g/mol. The summed E-state index contributed by atoms with van der Waals surface area (Å²) in [4.78, 5) is 1.46. The van der Waals surface area contributed by atoms with Gasteiger partial charge in [0.15, 0.2) is 0 Å². The molecule has 1 unspecified atom stereocenters. The summed E-state index contributed by atoms with van der Waals surface area (Å²) in [6.45, 7) is 10.2. The summed E-state index contributed by atoms with van der Waals surface area (Å²) in [5, 5.41) is 5.75. The van der Waals surface area contributed by atoms with Crippen LogP contribution in [0.1, 0.15) is 39.0 Å². The first-order chi connectivity index (χ1) is 7.45. The largest absolute Gasteiger partial charge is 0.314 e. The van der Waals surface area contributed by atoms with Gasteiger partial charge in [0.05, 0.1) is 0 Å². The fourth-order valence-corrected chi connectivity index (χ4v) is 3.44. The van der Waals surface area contributed by atoms with Crippen molar-refractivity contribution in [3.8, 4) is 0 Å². The number of halogens is 1. The van der Waals surface area contributed by atoms with Crippen LogP contribution in [0.5, 0.6) is 0 Å². The van der Waals surface area contributed by atoms with E-state index in [1.807, 2.05) is 11.3 Å². The molecule has 1 aromatic rings. The lowest BCUT2D eigenvalue weighted by atomic mass is 9.84. The second kappa shape index (κ2) is 6.18. The summed E-state index contributed by atoms with van der Waals surface area (Å²) in [6, 6.07) is 2.73. The molecule has 0 saturated heterocycles. The number of thiophene rings is 1. The summed E-state index contributed by atoms with van der Waals surface area (Å²) in [5.74, 6) is 0. The molecule has 3 heteroatoms. The molecule has 0 amide bonds. The molecule has 1 atom stereocenters. The van der Waals surface area contributed by atoms with E-state index in [1.54, 1.807) is 0 Å². The van der Waals surface area contributed by atoms with Crippen LogP contribution < -0.4 is 5.32 Å². The first-order valence-corrected chi connectivity index (χ1v) is 7.57. The van der Waals surface area contributed by atoms with Crippen molar-refractivity contribution in [2.75, 3.05) is 6.54 Å². The van der Waals surface area contributed by atoms with Crippen molar-refractivity contribution in [1.29, 1.82) is 0 Å². The Labute approximate surface area is 112 Å². The summed E-state index contributed by atoms with van der Waals surface area (Å²) < 4.78 is 1.27. The standard InChI is InChI=1S/C13H22BrNS/c1-5-15-12(13(2,3)4)7-6-11-10(14)8-9-16-11/h8-9,12,15H,5-7H2,1-4H3. The monoisotopic (exact) mass is 303 g/mol. The maximum Gasteiger partial charge on any atom is 0.0314 e. The minimum Gasteiger partial charge on any atom is -0.314 e. The predicted molar refractivity (Wildman–Crippen MR) is 77.3 cm³/mol. The van der Waals surface area contributed by atoms with Crippen LogP contribution in [0.4, 0.5) is 0 Å². The van der Waals surface area contributed by atoms with E-state index in [9.17, 15) is 0 Å². The third-order valence-electron chi connectivity index (χ3n) is 2.85. The van der Waals surface area contributed by atoms with Crippen LogP contribution in [0.15, 0.2) is 15.9 Å². The minimum absolute atomic E-state index is 0.333. The van der Waals surface area contributed by atoms with Crippen molar-refractivity contribution in [1.82, 2.24) is 5.32 Å². The zero-order valence-electron chi connectivity index (χ0n) is 10.6. The second-order valence-electron chi connectivity index (χ2n) is 5.21. The first kappa shape index (κ1) is 14.2. The maximum atomic E-state index is 3.60. The number of nitrogens with one attached hydrogen (secondary N) is 1. The van der Waals surface area contributed by atoms with E-state index < -0.39 is 0 Å². The summed E-state index contributed by atoms with van der Waals surface area (Å²) in [7, 11) is 0. The molecule has 92 valence electrons. The Morgan fingerprint density at radius 1 is 1.44 bits per heavy atom. The van der Waals surface area contributed by atoms with Gasteiger partial charge in [0.2, 0.25) is 0 Å². The summed E-state index contributed by atoms with van der Waals surface area (Å²) >= 11 is 5.44. The van der Waals surface area contributed by atoms with E-state index >= 15 is 0 Å². The molecule has 0 aromatic carbocycles. The molecule has 0 radical (unpaired) electrons. The van der Waals surface area contributed by atoms with E-state index in [4.69, 9.17) is 0 Å². The SMILES string of the molecule is CCNC(CCc1sccc1Br)C(C)(C)C. The molecule has 0 bridgehead atoms. The van der Waals surface area contributed by atoms with E-state index in [0.717, 1.165) is 13.0 Å². The number of hydrogen-bond donors (Lipinski definition) is 1. The molecule has 0 aliphatic heterocycles. The minimum atomic E-state index is 0.333. The van der Waals surface area contributed by atoms with Crippen LogP contribution >= 0.6 is 27.3 Å². The van der Waals surface area contributed by atoms with Gasteiger partial charge in [-0.2, -0.15) is 0 Å². The van der Waals surface area contributed by atoms with Crippen molar-refractivity contribution in [3.05, 3.63) is 20.8 Å². The molecule has 1 nitrogen and oxygen atoms in total. The smallest absolute Gasteiger partial charge is 0.0314 e. The molecule has 1 heterocycles.